The maximum Gasteiger partial charge on any atom is 0.311 e. The van der Waals surface area contributed by atoms with Gasteiger partial charge in [0.25, 0.3) is 0 Å². The molecule has 5 nitrogen and oxygen atoms in total. The molecule has 20 heavy (non-hydrogen) atoms. The predicted octanol–water partition coefficient (Wildman–Crippen LogP) is 3.53. The van der Waals surface area contributed by atoms with E-state index in [2.05, 4.69) is 17.2 Å². The highest BCUT2D eigenvalue weighted by molar-refractivity contribution is 5.57. The topological polar surface area (TPSA) is 68.1 Å². The zero-order valence-corrected chi connectivity index (χ0v) is 12.0. The average molecular weight is 275 g/mol. The summed E-state index contributed by atoms with van der Waals surface area (Å²) in [6.07, 6.45) is 6.99. The van der Waals surface area contributed by atoms with Crippen molar-refractivity contribution in [3.05, 3.63) is 27.9 Å². The first-order chi connectivity index (χ1) is 9.54. The molecule has 2 aliphatic rings. The zero-order chi connectivity index (χ0) is 14.3. The molecule has 108 valence electrons. The molecular weight excluding hydrogens is 254 g/mol. The van der Waals surface area contributed by atoms with Crippen LogP contribution in [0.1, 0.15) is 38.2 Å². The number of nitrogens with one attached hydrogen (secondary N) is 1. The van der Waals surface area contributed by atoms with Gasteiger partial charge in [0, 0.05) is 18.3 Å². The summed E-state index contributed by atoms with van der Waals surface area (Å²) in [4.78, 5) is 15.0. The van der Waals surface area contributed by atoms with Crippen LogP contribution in [0.25, 0.3) is 0 Å². The van der Waals surface area contributed by atoms with E-state index >= 15 is 0 Å². The summed E-state index contributed by atoms with van der Waals surface area (Å²) < 4.78 is 0. The van der Waals surface area contributed by atoms with Gasteiger partial charge in [-0.1, -0.05) is 6.42 Å². The predicted molar refractivity (Wildman–Crippen MR) is 77.7 cm³/mol. The van der Waals surface area contributed by atoms with Crippen LogP contribution in [0.5, 0.6) is 0 Å². The van der Waals surface area contributed by atoms with Gasteiger partial charge in [-0.05, 0) is 56.4 Å². The second-order valence-corrected chi connectivity index (χ2v) is 6.41. The van der Waals surface area contributed by atoms with Crippen molar-refractivity contribution in [1.82, 2.24) is 4.98 Å². The Labute approximate surface area is 118 Å². The summed E-state index contributed by atoms with van der Waals surface area (Å²) >= 11 is 0. The lowest BCUT2D eigenvalue weighted by Crippen LogP contribution is -2.30. The summed E-state index contributed by atoms with van der Waals surface area (Å²) in [5.41, 5.74) is 0.898. The summed E-state index contributed by atoms with van der Waals surface area (Å²) in [6.45, 7) is 3.96. The Morgan fingerprint density at radius 1 is 1.45 bits per heavy atom. The number of nitrogens with zero attached hydrogens (tertiary/aromatic N) is 2. The monoisotopic (exact) mass is 275 g/mol. The first-order valence-electron chi connectivity index (χ1n) is 7.42. The summed E-state index contributed by atoms with van der Waals surface area (Å²) in [7, 11) is 0. The van der Waals surface area contributed by atoms with Crippen molar-refractivity contribution in [2.24, 2.45) is 17.8 Å². The fraction of sp³-hybridized carbons (Fsp3) is 0.667. The van der Waals surface area contributed by atoms with E-state index in [0.717, 1.165) is 17.4 Å². The summed E-state index contributed by atoms with van der Waals surface area (Å²) in [5.74, 6) is 2.73. The molecule has 0 amide bonds. The zero-order valence-electron chi connectivity index (χ0n) is 12.0. The van der Waals surface area contributed by atoms with E-state index in [1.165, 1.54) is 25.7 Å². The fourth-order valence-electron chi connectivity index (χ4n) is 4.03. The smallest absolute Gasteiger partial charge is 0.311 e. The molecule has 0 saturated heterocycles. The Hall–Kier alpha value is -1.65. The molecule has 0 spiro atoms. The van der Waals surface area contributed by atoms with Crippen molar-refractivity contribution in [2.75, 3.05) is 5.32 Å². The Morgan fingerprint density at radius 2 is 2.25 bits per heavy atom. The van der Waals surface area contributed by atoms with Crippen LogP contribution in [0, 0.1) is 34.8 Å². The highest BCUT2D eigenvalue weighted by atomic mass is 16.6. The number of hydrogen-bond donors (Lipinski definition) is 1. The molecule has 1 aromatic heterocycles. The molecule has 3 rings (SSSR count). The first-order valence-corrected chi connectivity index (χ1v) is 7.42. The molecule has 1 aromatic rings. The van der Waals surface area contributed by atoms with E-state index in [9.17, 15) is 10.1 Å². The molecule has 1 N–H and O–H groups in total. The fourth-order valence-corrected chi connectivity index (χ4v) is 4.03. The lowest BCUT2D eigenvalue weighted by Gasteiger charge is -2.28. The van der Waals surface area contributed by atoms with Crippen LogP contribution in [0.2, 0.25) is 0 Å². The maximum atomic E-state index is 11.1. The van der Waals surface area contributed by atoms with Gasteiger partial charge in [0.1, 0.15) is 0 Å². The standard InChI is InChI=1S/C15H21N3O2/c1-9-5-14(18(19)20)15(16-8-9)17-10(2)13-7-11-3-4-12(13)6-11/h5,8,10-13H,3-4,6-7H2,1-2H3,(H,16,17). The van der Waals surface area contributed by atoms with Crippen LogP contribution < -0.4 is 5.32 Å². The number of nitro groups is 1. The number of fused-ring (bicyclic) bond motifs is 2. The Balaban J connectivity index is 1.76. The SMILES string of the molecule is Cc1cnc(NC(C)C2CC3CCC2C3)c([N+](=O)[O-])c1. The number of rotatable bonds is 4. The maximum absolute atomic E-state index is 11.1. The van der Waals surface area contributed by atoms with Crippen LogP contribution in [-0.4, -0.2) is 15.9 Å². The van der Waals surface area contributed by atoms with Gasteiger partial charge >= 0.3 is 5.69 Å². The largest absolute Gasteiger partial charge is 0.362 e. The van der Waals surface area contributed by atoms with Crippen LogP contribution in [-0.2, 0) is 0 Å². The number of anilines is 1. The summed E-state index contributed by atoms with van der Waals surface area (Å²) in [5, 5.41) is 14.4. The second kappa shape index (κ2) is 5.04. The van der Waals surface area contributed by atoms with Gasteiger partial charge in [0.15, 0.2) is 0 Å². The van der Waals surface area contributed by atoms with E-state index in [-0.39, 0.29) is 16.7 Å². The minimum atomic E-state index is -0.351. The molecular formula is C15H21N3O2. The van der Waals surface area contributed by atoms with E-state index in [0.29, 0.717) is 11.7 Å². The Morgan fingerprint density at radius 3 is 2.85 bits per heavy atom. The first kappa shape index (κ1) is 13.3. The van der Waals surface area contributed by atoms with Gasteiger partial charge in [0.2, 0.25) is 5.82 Å². The third-order valence-corrected chi connectivity index (χ3v) is 5.00. The third kappa shape index (κ3) is 2.37. The van der Waals surface area contributed by atoms with Gasteiger partial charge in [-0.25, -0.2) is 4.98 Å². The Kier molecular flexibility index (Phi) is 3.36. The molecule has 1 heterocycles. The van der Waals surface area contributed by atoms with Crippen LogP contribution in [0.15, 0.2) is 12.3 Å². The van der Waals surface area contributed by atoms with Crippen LogP contribution >= 0.6 is 0 Å². The van der Waals surface area contributed by atoms with Crippen molar-refractivity contribution in [2.45, 2.75) is 45.6 Å². The molecule has 2 aliphatic carbocycles. The lowest BCUT2D eigenvalue weighted by molar-refractivity contribution is -0.384. The quantitative estimate of drug-likeness (QED) is 0.674. The molecule has 2 fully saturated rings. The van der Waals surface area contributed by atoms with Crippen molar-refractivity contribution in [1.29, 1.82) is 0 Å². The van der Waals surface area contributed by atoms with Crippen molar-refractivity contribution in [3.8, 4) is 0 Å². The molecule has 0 aliphatic heterocycles. The highest BCUT2D eigenvalue weighted by Gasteiger charge is 2.42. The minimum Gasteiger partial charge on any atom is -0.362 e. The number of pyridine rings is 1. The van der Waals surface area contributed by atoms with Gasteiger partial charge in [0.05, 0.1) is 4.92 Å². The molecule has 4 atom stereocenters. The average Bonchev–Trinajstić information content (AvgIpc) is 3.03. The molecule has 4 unspecified atom stereocenters. The van der Waals surface area contributed by atoms with Gasteiger partial charge in [-0.3, -0.25) is 10.1 Å². The van der Waals surface area contributed by atoms with Gasteiger partial charge in [-0.15, -0.1) is 0 Å². The third-order valence-electron chi connectivity index (χ3n) is 5.00. The lowest BCUT2D eigenvalue weighted by atomic mass is 9.84. The van der Waals surface area contributed by atoms with Gasteiger partial charge < -0.3 is 5.32 Å². The van der Waals surface area contributed by atoms with E-state index in [4.69, 9.17) is 0 Å². The Bertz CT molecular complexity index is 532. The van der Waals surface area contributed by atoms with Gasteiger partial charge in [-0.2, -0.15) is 0 Å². The van der Waals surface area contributed by atoms with Crippen molar-refractivity contribution >= 4 is 11.5 Å². The number of aryl methyl sites for hydroxylation is 1. The molecule has 0 radical (unpaired) electrons. The second-order valence-electron chi connectivity index (χ2n) is 6.41. The number of aromatic nitrogens is 1. The van der Waals surface area contributed by atoms with Crippen LogP contribution in [0.4, 0.5) is 11.5 Å². The van der Waals surface area contributed by atoms with E-state index in [1.54, 1.807) is 12.3 Å². The molecule has 5 heteroatoms. The molecule has 2 saturated carbocycles. The molecule has 0 aromatic carbocycles. The van der Waals surface area contributed by atoms with E-state index in [1.807, 2.05) is 6.92 Å². The summed E-state index contributed by atoms with van der Waals surface area (Å²) in [6, 6.07) is 1.84. The van der Waals surface area contributed by atoms with Crippen molar-refractivity contribution < 1.29 is 4.92 Å². The highest BCUT2D eigenvalue weighted by Crippen LogP contribution is 2.50. The van der Waals surface area contributed by atoms with E-state index < -0.39 is 0 Å². The number of hydrogen-bond acceptors (Lipinski definition) is 4. The van der Waals surface area contributed by atoms with Crippen molar-refractivity contribution in [3.63, 3.8) is 0 Å². The minimum absolute atomic E-state index is 0.0833. The normalized spacial score (nSPS) is 29.4. The molecule has 2 bridgehead atoms. The van der Waals surface area contributed by atoms with Crippen LogP contribution in [0.3, 0.4) is 0 Å².